The number of anilines is 1. The minimum atomic E-state index is 0.378. The molecule has 20 heavy (non-hydrogen) atoms. The van der Waals surface area contributed by atoms with Gasteiger partial charge in [-0.1, -0.05) is 46.1 Å². The third kappa shape index (κ3) is 2.52. The Morgan fingerprint density at radius 2 is 1.80 bits per heavy atom. The average Bonchev–Trinajstić information content (AvgIpc) is 2.77. The van der Waals surface area contributed by atoms with Gasteiger partial charge >= 0.3 is 0 Å². The van der Waals surface area contributed by atoms with Crippen molar-refractivity contribution in [3.63, 3.8) is 0 Å². The number of nitrogens with two attached hydrogens (primary N) is 1. The maximum atomic E-state index is 6.32. The van der Waals surface area contributed by atoms with Gasteiger partial charge in [-0.05, 0) is 30.3 Å². The lowest BCUT2D eigenvalue weighted by Gasteiger charge is -2.09. The largest absolute Gasteiger partial charge is 0.454 e. The standard InChI is InChI=1S/C13H7Cl3N2OS/c14-6-1-3-7(4-2-6)19-11-8(15)5-9-12(10(11)16)20-13(17)18-9/h1-5H,(H2,17,18). The normalized spacial score (nSPS) is 10.9. The molecule has 0 aliphatic rings. The van der Waals surface area contributed by atoms with Gasteiger partial charge in [-0.2, -0.15) is 0 Å². The molecule has 0 atom stereocenters. The number of thiazole rings is 1. The van der Waals surface area contributed by atoms with Crippen molar-refractivity contribution < 1.29 is 4.74 Å². The van der Waals surface area contributed by atoms with Crippen LogP contribution in [-0.4, -0.2) is 4.98 Å². The Hall–Kier alpha value is -1.20. The van der Waals surface area contributed by atoms with Crippen LogP contribution in [0.3, 0.4) is 0 Å². The van der Waals surface area contributed by atoms with Crippen LogP contribution in [0.2, 0.25) is 15.1 Å². The first-order valence-corrected chi connectivity index (χ1v) is 7.47. The molecule has 2 N–H and O–H groups in total. The molecule has 2 aromatic carbocycles. The quantitative estimate of drug-likeness (QED) is 0.654. The lowest BCUT2D eigenvalue weighted by atomic mass is 10.3. The summed E-state index contributed by atoms with van der Waals surface area (Å²) in [4.78, 5) is 4.15. The molecule has 3 nitrogen and oxygen atoms in total. The average molecular weight is 346 g/mol. The van der Waals surface area contributed by atoms with Gasteiger partial charge in [0.2, 0.25) is 0 Å². The fourth-order valence-corrected chi connectivity index (χ4v) is 3.22. The van der Waals surface area contributed by atoms with Gasteiger partial charge in [-0.3, -0.25) is 0 Å². The van der Waals surface area contributed by atoms with E-state index in [1.165, 1.54) is 11.3 Å². The predicted molar refractivity (Wildman–Crippen MR) is 85.6 cm³/mol. The number of benzene rings is 2. The number of hydrogen-bond donors (Lipinski definition) is 1. The van der Waals surface area contributed by atoms with Gasteiger partial charge in [0.25, 0.3) is 0 Å². The summed E-state index contributed by atoms with van der Waals surface area (Å²) in [5, 5.41) is 1.83. The first kappa shape index (κ1) is 13.8. The van der Waals surface area contributed by atoms with Crippen molar-refractivity contribution in [2.24, 2.45) is 0 Å². The second-order valence-corrected chi connectivity index (χ2v) is 6.21. The lowest BCUT2D eigenvalue weighted by Crippen LogP contribution is -1.87. The SMILES string of the molecule is Nc1nc2cc(Cl)c(Oc3ccc(Cl)cc3)c(Cl)c2s1. The van der Waals surface area contributed by atoms with Crippen molar-refractivity contribution in [3.8, 4) is 11.5 Å². The van der Waals surface area contributed by atoms with Gasteiger partial charge in [-0.15, -0.1) is 0 Å². The molecule has 3 aromatic rings. The summed E-state index contributed by atoms with van der Waals surface area (Å²) in [7, 11) is 0. The van der Waals surface area contributed by atoms with Crippen LogP contribution in [0.5, 0.6) is 11.5 Å². The molecular formula is C13H7Cl3N2OS. The smallest absolute Gasteiger partial charge is 0.181 e. The third-order valence-corrected chi connectivity index (χ3v) is 4.51. The molecule has 1 heterocycles. The van der Waals surface area contributed by atoms with Gasteiger partial charge < -0.3 is 10.5 Å². The molecule has 0 spiro atoms. The monoisotopic (exact) mass is 344 g/mol. The zero-order chi connectivity index (χ0) is 14.3. The van der Waals surface area contributed by atoms with Crippen LogP contribution in [0.4, 0.5) is 5.13 Å². The first-order valence-electron chi connectivity index (χ1n) is 5.52. The van der Waals surface area contributed by atoms with E-state index in [0.29, 0.717) is 37.2 Å². The van der Waals surface area contributed by atoms with Gasteiger partial charge in [0, 0.05) is 5.02 Å². The van der Waals surface area contributed by atoms with E-state index in [9.17, 15) is 0 Å². The number of rotatable bonds is 2. The maximum absolute atomic E-state index is 6.32. The predicted octanol–water partition coefficient (Wildman–Crippen LogP) is 5.63. The van der Waals surface area contributed by atoms with Crippen LogP contribution in [0.15, 0.2) is 30.3 Å². The molecule has 0 unspecified atom stereocenters. The number of nitrogen functional groups attached to an aromatic ring is 1. The highest BCUT2D eigenvalue weighted by atomic mass is 35.5. The van der Waals surface area contributed by atoms with Gasteiger partial charge in [0.05, 0.1) is 15.2 Å². The number of ether oxygens (including phenoxy) is 1. The van der Waals surface area contributed by atoms with Crippen LogP contribution in [-0.2, 0) is 0 Å². The number of fused-ring (bicyclic) bond motifs is 1. The number of aromatic nitrogens is 1. The van der Waals surface area contributed by atoms with Gasteiger partial charge in [0.15, 0.2) is 10.9 Å². The van der Waals surface area contributed by atoms with E-state index >= 15 is 0 Å². The summed E-state index contributed by atoms with van der Waals surface area (Å²) in [6, 6.07) is 8.60. The summed E-state index contributed by atoms with van der Waals surface area (Å²) in [5.41, 5.74) is 6.34. The van der Waals surface area contributed by atoms with Crippen LogP contribution in [0.1, 0.15) is 0 Å². The molecule has 102 valence electrons. The fourth-order valence-electron chi connectivity index (χ4n) is 1.71. The molecule has 1 aromatic heterocycles. The molecule has 0 amide bonds. The number of hydrogen-bond acceptors (Lipinski definition) is 4. The molecule has 3 rings (SSSR count). The Balaban J connectivity index is 2.08. The number of nitrogens with zero attached hydrogens (tertiary/aromatic N) is 1. The second kappa shape index (κ2) is 5.30. The van der Waals surface area contributed by atoms with Crippen LogP contribution in [0.25, 0.3) is 10.2 Å². The fraction of sp³-hybridized carbons (Fsp3) is 0. The van der Waals surface area contributed by atoms with E-state index in [4.69, 9.17) is 45.3 Å². The van der Waals surface area contributed by atoms with Crippen molar-refractivity contribution in [1.29, 1.82) is 0 Å². The van der Waals surface area contributed by atoms with E-state index in [1.54, 1.807) is 30.3 Å². The topological polar surface area (TPSA) is 48.1 Å². The Bertz CT molecular complexity index is 786. The number of halogens is 3. The molecule has 0 radical (unpaired) electrons. The van der Waals surface area contributed by atoms with Crippen LogP contribution < -0.4 is 10.5 Å². The van der Waals surface area contributed by atoms with E-state index in [0.717, 1.165) is 4.70 Å². The summed E-state index contributed by atoms with van der Waals surface area (Å²) < 4.78 is 6.48. The molecule has 7 heteroatoms. The molecule has 0 bridgehead atoms. The highest BCUT2D eigenvalue weighted by molar-refractivity contribution is 7.22. The summed E-state index contributed by atoms with van der Waals surface area (Å²) in [6.07, 6.45) is 0. The molecular weight excluding hydrogens is 339 g/mol. The minimum absolute atomic E-state index is 0.378. The summed E-state index contributed by atoms with van der Waals surface area (Å²) in [6.45, 7) is 0. The van der Waals surface area contributed by atoms with E-state index in [1.807, 2.05) is 0 Å². The Morgan fingerprint density at radius 3 is 2.50 bits per heavy atom. The molecule has 0 fully saturated rings. The van der Waals surface area contributed by atoms with Crippen molar-refractivity contribution in [1.82, 2.24) is 4.98 Å². The van der Waals surface area contributed by atoms with Crippen molar-refractivity contribution in [2.75, 3.05) is 5.73 Å². The van der Waals surface area contributed by atoms with Crippen molar-refractivity contribution in [3.05, 3.63) is 45.4 Å². The summed E-state index contributed by atoms with van der Waals surface area (Å²) >= 11 is 19.6. The second-order valence-electron chi connectivity index (χ2n) is 3.96. The molecule has 0 saturated heterocycles. The minimum Gasteiger partial charge on any atom is -0.454 e. The molecule has 0 saturated carbocycles. The van der Waals surface area contributed by atoms with Gasteiger partial charge in [0.1, 0.15) is 10.8 Å². The van der Waals surface area contributed by atoms with Crippen LogP contribution in [0, 0.1) is 0 Å². The summed E-state index contributed by atoms with van der Waals surface area (Å²) in [5.74, 6) is 0.974. The van der Waals surface area contributed by atoms with Crippen molar-refractivity contribution in [2.45, 2.75) is 0 Å². The Morgan fingerprint density at radius 1 is 1.10 bits per heavy atom. The van der Waals surface area contributed by atoms with E-state index in [2.05, 4.69) is 4.98 Å². The molecule has 0 aliphatic heterocycles. The highest BCUT2D eigenvalue weighted by Gasteiger charge is 2.16. The zero-order valence-electron chi connectivity index (χ0n) is 9.86. The van der Waals surface area contributed by atoms with Crippen molar-refractivity contribution >= 4 is 61.5 Å². The van der Waals surface area contributed by atoms with Crippen LogP contribution >= 0.6 is 46.1 Å². The molecule has 0 aliphatic carbocycles. The Labute approximate surface area is 133 Å². The van der Waals surface area contributed by atoms with E-state index in [-0.39, 0.29) is 0 Å². The zero-order valence-corrected chi connectivity index (χ0v) is 12.9. The highest BCUT2D eigenvalue weighted by Crippen LogP contribution is 2.44. The maximum Gasteiger partial charge on any atom is 0.181 e. The van der Waals surface area contributed by atoms with E-state index < -0.39 is 0 Å². The third-order valence-electron chi connectivity index (χ3n) is 2.58. The van der Waals surface area contributed by atoms with Gasteiger partial charge in [-0.25, -0.2) is 4.98 Å². The first-order chi connectivity index (χ1) is 9.54. The Kier molecular flexibility index (Phi) is 3.65. The lowest BCUT2D eigenvalue weighted by molar-refractivity contribution is 0.484.